The number of carbonyl (C=O) groups is 2. The third kappa shape index (κ3) is 5.01. The molecule has 0 spiro atoms. The van der Waals surface area contributed by atoms with Crippen molar-refractivity contribution in [3.8, 4) is 11.1 Å². The smallest absolute Gasteiger partial charge is 0.407 e. The number of halogens is 1. The fourth-order valence-electron chi connectivity index (χ4n) is 6.64. The largest absolute Gasteiger partial charge is 0.462 e. The van der Waals surface area contributed by atoms with Crippen LogP contribution in [0.4, 0.5) is 9.18 Å². The molecule has 1 N–H and O–H groups in total. The minimum Gasteiger partial charge on any atom is -0.462 e. The van der Waals surface area contributed by atoms with Crippen molar-refractivity contribution >= 4 is 18.1 Å². The van der Waals surface area contributed by atoms with Gasteiger partial charge in [-0.1, -0.05) is 24.3 Å². The van der Waals surface area contributed by atoms with Crippen LogP contribution < -0.4 is 5.32 Å². The molecule has 2 aromatic rings. The summed E-state index contributed by atoms with van der Waals surface area (Å²) in [7, 11) is 0. The zero-order valence-electron chi connectivity index (χ0n) is 20.7. The summed E-state index contributed by atoms with van der Waals surface area (Å²) >= 11 is 0. The predicted octanol–water partition coefficient (Wildman–Crippen LogP) is 5.63. The number of amides is 1. The van der Waals surface area contributed by atoms with Crippen molar-refractivity contribution < 1.29 is 23.5 Å². The van der Waals surface area contributed by atoms with Crippen LogP contribution in [0.15, 0.2) is 48.7 Å². The van der Waals surface area contributed by atoms with Gasteiger partial charge in [-0.05, 0) is 87.1 Å². The van der Waals surface area contributed by atoms with E-state index in [-0.39, 0.29) is 47.8 Å². The van der Waals surface area contributed by atoms with E-state index in [9.17, 15) is 14.0 Å². The molecule has 1 amide bonds. The van der Waals surface area contributed by atoms with Crippen molar-refractivity contribution in [1.82, 2.24) is 10.3 Å². The first kappa shape index (κ1) is 24.5. The summed E-state index contributed by atoms with van der Waals surface area (Å²) in [4.78, 5) is 29.2. The standard InChI is InChI=1S/C29H33FN2O4/c1-3-35-29(34)32-23-10-11-24-20(14-23)15-26-27(17(2)36-28(26)33)25(24)12-9-22-8-7-19(16-31-22)18-5-4-6-21(30)13-18/h4-9,12-13,16-17,20,23-27H,3,10-11,14-15H2,1-2H3,(H,32,34)/b12-9+/t17-,20+,23+,24?,25+,26-,27+/m1/s1. The normalized spacial score (nSPS) is 31.4. The number of benzene rings is 1. The van der Waals surface area contributed by atoms with Gasteiger partial charge in [0.15, 0.2) is 0 Å². The van der Waals surface area contributed by atoms with Gasteiger partial charge in [0, 0.05) is 23.7 Å². The second-order valence-corrected chi connectivity index (χ2v) is 10.3. The van der Waals surface area contributed by atoms with Crippen LogP contribution in [0.3, 0.4) is 0 Å². The third-order valence-electron chi connectivity index (χ3n) is 8.18. The lowest BCUT2D eigenvalue weighted by Crippen LogP contribution is -2.48. The molecule has 36 heavy (non-hydrogen) atoms. The highest BCUT2D eigenvalue weighted by molar-refractivity contribution is 5.75. The fourth-order valence-corrected chi connectivity index (χ4v) is 6.64. The number of pyridine rings is 1. The number of ether oxygens (including phenoxy) is 2. The molecule has 1 saturated heterocycles. The van der Waals surface area contributed by atoms with Gasteiger partial charge in [0.05, 0.1) is 18.2 Å². The topological polar surface area (TPSA) is 77.5 Å². The molecule has 0 radical (unpaired) electrons. The fraction of sp³-hybridized carbons (Fsp3) is 0.483. The van der Waals surface area contributed by atoms with E-state index in [1.165, 1.54) is 12.1 Å². The van der Waals surface area contributed by atoms with E-state index >= 15 is 0 Å². The molecule has 190 valence electrons. The number of nitrogens with one attached hydrogen (secondary N) is 1. The Morgan fingerprint density at radius 2 is 2.08 bits per heavy atom. The summed E-state index contributed by atoms with van der Waals surface area (Å²) in [5, 5.41) is 3.00. The maximum atomic E-state index is 13.6. The molecule has 2 saturated carbocycles. The number of aromatic nitrogens is 1. The molecule has 7 heteroatoms. The first-order chi connectivity index (χ1) is 17.4. The lowest BCUT2D eigenvalue weighted by atomic mass is 9.57. The lowest BCUT2D eigenvalue weighted by Gasteiger charge is -2.47. The van der Waals surface area contributed by atoms with Gasteiger partial charge >= 0.3 is 12.1 Å². The quantitative estimate of drug-likeness (QED) is 0.548. The number of nitrogens with zero attached hydrogens (tertiary/aromatic N) is 1. The number of rotatable bonds is 5. The van der Waals surface area contributed by atoms with Crippen LogP contribution >= 0.6 is 0 Å². The summed E-state index contributed by atoms with van der Waals surface area (Å²) in [5.41, 5.74) is 2.48. The second kappa shape index (κ2) is 10.4. The van der Waals surface area contributed by atoms with E-state index in [0.717, 1.165) is 42.5 Å². The second-order valence-electron chi connectivity index (χ2n) is 10.3. The number of fused-ring (bicyclic) bond motifs is 2. The van der Waals surface area contributed by atoms with Crippen molar-refractivity contribution in [2.75, 3.05) is 6.61 Å². The van der Waals surface area contributed by atoms with Crippen LogP contribution in [0.1, 0.15) is 45.2 Å². The van der Waals surface area contributed by atoms with Crippen molar-refractivity contribution in [2.24, 2.45) is 29.6 Å². The Labute approximate surface area is 211 Å². The van der Waals surface area contributed by atoms with Crippen LogP contribution in [0.2, 0.25) is 0 Å². The monoisotopic (exact) mass is 492 g/mol. The van der Waals surface area contributed by atoms with E-state index in [4.69, 9.17) is 9.47 Å². The van der Waals surface area contributed by atoms with Crippen LogP contribution in [0.5, 0.6) is 0 Å². The number of hydrogen-bond donors (Lipinski definition) is 1. The number of carbonyl (C=O) groups excluding carboxylic acids is 2. The van der Waals surface area contributed by atoms with Gasteiger partial charge in [-0.2, -0.15) is 0 Å². The van der Waals surface area contributed by atoms with Gasteiger partial charge in [0.1, 0.15) is 11.9 Å². The Morgan fingerprint density at radius 3 is 2.83 bits per heavy atom. The van der Waals surface area contributed by atoms with Gasteiger partial charge in [-0.15, -0.1) is 0 Å². The third-order valence-corrected chi connectivity index (χ3v) is 8.18. The van der Waals surface area contributed by atoms with Crippen LogP contribution in [-0.4, -0.2) is 35.8 Å². The maximum Gasteiger partial charge on any atom is 0.407 e. The molecule has 1 aliphatic heterocycles. The van der Waals surface area contributed by atoms with Crippen molar-refractivity contribution in [3.05, 3.63) is 60.2 Å². The van der Waals surface area contributed by atoms with E-state index in [1.54, 1.807) is 19.2 Å². The minimum atomic E-state index is -0.368. The summed E-state index contributed by atoms with van der Waals surface area (Å²) in [6.07, 6.45) is 9.07. The predicted molar refractivity (Wildman–Crippen MR) is 134 cm³/mol. The molecule has 5 rings (SSSR count). The summed E-state index contributed by atoms with van der Waals surface area (Å²) in [6.45, 7) is 4.15. The van der Waals surface area contributed by atoms with Crippen molar-refractivity contribution in [3.63, 3.8) is 0 Å². The number of allylic oxidation sites excluding steroid dienone is 1. The molecule has 6 nitrogen and oxygen atoms in total. The van der Waals surface area contributed by atoms with E-state index < -0.39 is 0 Å². The Morgan fingerprint density at radius 1 is 1.22 bits per heavy atom. The Hall–Kier alpha value is -3.22. The molecule has 7 atom stereocenters. The highest BCUT2D eigenvalue weighted by atomic mass is 19.1. The minimum absolute atomic E-state index is 0.0679. The van der Waals surface area contributed by atoms with Gasteiger partial charge in [-0.25, -0.2) is 9.18 Å². The Kier molecular flexibility index (Phi) is 7.08. The summed E-state index contributed by atoms with van der Waals surface area (Å²) < 4.78 is 24.3. The number of alkyl carbamates (subject to hydrolysis) is 1. The molecule has 1 unspecified atom stereocenters. The zero-order valence-corrected chi connectivity index (χ0v) is 20.7. The molecule has 1 aromatic carbocycles. The average molecular weight is 493 g/mol. The highest BCUT2D eigenvalue weighted by Crippen LogP contribution is 2.53. The molecule has 3 aliphatic rings. The SMILES string of the molecule is CCOC(=O)N[C@H]1CCC2[C@@H](C1)C[C@H]1C(=O)O[C@H](C)[C@H]1[C@H]2/C=C/c1ccc(-c2cccc(F)c2)cn1. The highest BCUT2D eigenvalue weighted by Gasteiger charge is 2.54. The Balaban J connectivity index is 1.34. The number of cyclic esters (lactones) is 1. The average Bonchev–Trinajstić information content (AvgIpc) is 3.15. The molecule has 3 fully saturated rings. The molecule has 1 aromatic heterocycles. The van der Waals surface area contributed by atoms with Gasteiger partial charge in [0.2, 0.25) is 0 Å². The molecule has 0 bridgehead atoms. The first-order valence-corrected chi connectivity index (χ1v) is 13.0. The van der Waals surface area contributed by atoms with Crippen LogP contribution in [0, 0.1) is 35.4 Å². The van der Waals surface area contributed by atoms with E-state index in [0.29, 0.717) is 18.4 Å². The van der Waals surface area contributed by atoms with Crippen LogP contribution in [0.25, 0.3) is 17.2 Å². The first-order valence-electron chi connectivity index (χ1n) is 13.0. The number of hydrogen-bond acceptors (Lipinski definition) is 5. The van der Waals surface area contributed by atoms with Crippen LogP contribution in [-0.2, 0) is 14.3 Å². The Bertz CT molecular complexity index is 1130. The van der Waals surface area contributed by atoms with Gasteiger partial charge in [-0.3, -0.25) is 9.78 Å². The lowest BCUT2D eigenvalue weighted by molar-refractivity contribution is -0.144. The molecular weight excluding hydrogens is 459 g/mol. The summed E-state index contributed by atoms with van der Waals surface area (Å²) in [5.74, 6) is 0.629. The maximum absolute atomic E-state index is 13.6. The van der Waals surface area contributed by atoms with Crippen molar-refractivity contribution in [1.29, 1.82) is 0 Å². The van der Waals surface area contributed by atoms with Gasteiger partial charge in [0.25, 0.3) is 0 Å². The van der Waals surface area contributed by atoms with Crippen molar-refractivity contribution in [2.45, 2.75) is 51.7 Å². The zero-order chi connectivity index (χ0) is 25.2. The van der Waals surface area contributed by atoms with E-state index in [2.05, 4.69) is 16.4 Å². The number of esters is 1. The molecule has 2 heterocycles. The van der Waals surface area contributed by atoms with Gasteiger partial charge < -0.3 is 14.8 Å². The van der Waals surface area contributed by atoms with E-state index in [1.807, 2.05) is 31.2 Å². The molecular formula is C29H33FN2O4. The molecule has 2 aliphatic carbocycles. The summed E-state index contributed by atoms with van der Waals surface area (Å²) in [6, 6.07) is 10.4.